The predicted molar refractivity (Wildman–Crippen MR) is 47.6 cm³/mol. The van der Waals surface area contributed by atoms with E-state index in [0.29, 0.717) is 0 Å². The van der Waals surface area contributed by atoms with Gasteiger partial charge in [-0.25, -0.2) is 0 Å². The Morgan fingerprint density at radius 1 is 1.31 bits per heavy atom. The van der Waals surface area contributed by atoms with Crippen LogP contribution in [0.4, 0.5) is 0 Å². The number of carbonyl (C=O) groups is 2. The minimum atomic E-state index is -1.11. The molecule has 2 N–H and O–H groups in total. The van der Waals surface area contributed by atoms with Crippen molar-refractivity contribution in [2.24, 2.45) is 5.92 Å². The minimum Gasteiger partial charge on any atom is -0.481 e. The van der Waals surface area contributed by atoms with Crippen molar-refractivity contribution in [2.75, 3.05) is 5.75 Å². The number of aliphatic carboxylic acids is 2. The zero-order valence-corrected chi connectivity index (χ0v) is 7.04. The molecular formula is C7H13O5S+. The average molecular weight is 209 g/mol. The lowest BCUT2D eigenvalue weighted by Crippen LogP contribution is -2.18. The molecule has 0 heterocycles. The molecule has 0 radical (unpaired) electrons. The van der Waals surface area contributed by atoms with Crippen molar-refractivity contribution >= 4 is 23.6 Å². The van der Waals surface area contributed by atoms with Crippen LogP contribution in [0.3, 0.4) is 0 Å². The maximum Gasteiger partial charge on any atom is 0.459 e. The fourth-order valence-electron chi connectivity index (χ4n) is 0.658. The smallest absolute Gasteiger partial charge is 0.459 e. The Morgan fingerprint density at radius 3 is 2.15 bits per heavy atom. The van der Waals surface area contributed by atoms with Gasteiger partial charge in [0, 0.05) is 10.6 Å². The molecule has 0 bridgehead atoms. The second-order valence-corrected chi connectivity index (χ2v) is 2.82. The quantitative estimate of drug-likeness (QED) is 0.625. The van der Waals surface area contributed by atoms with Gasteiger partial charge < -0.3 is 10.2 Å². The molecule has 0 aliphatic carbocycles. The third kappa shape index (κ3) is 7.32. The van der Waals surface area contributed by atoms with Crippen molar-refractivity contribution in [1.29, 1.82) is 0 Å². The van der Waals surface area contributed by atoms with Crippen LogP contribution in [0.2, 0.25) is 0 Å². The molecule has 1 atom stereocenters. The Morgan fingerprint density at radius 2 is 1.85 bits per heavy atom. The lowest BCUT2D eigenvalue weighted by atomic mass is 10.1. The fraction of sp³-hybridized carbons (Fsp3) is 0.714. The highest BCUT2D eigenvalue weighted by atomic mass is 32.1. The highest BCUT2D eigenvalue weighted by Gasteiger charge is 2.24. The van der Waals surface area contributed by atoms with E-state index >= 15 is 0 Å². The van der Waals surface area contributed by atoms with Gasteiger partial charge in [-0.1, -0.05) is 7.43 Å². The van der Waals surface area contributed by atoms with Crippen molar-refractivity contribution in [3.8, 4) is 0 Å². The minimum absolute atomic E-state index is 0. The highest BCUT2D eigenvalue weighted by molar-refractivity contribution is 7.65. The Balaban J connectivity index is 0. The Labute approximate surface area is 80.3 Å². The molecule has 6 heteroatoms. The zero-order valence-electron chi connectivity index (χ0n) is 6.23. The van der Waals surface area contributed by atoms with Crippen molar-refractivity contribution < 1.29 is 24.0 Å². The van der Waals surface area contributed by atoms with Crippen LogP contribution in [-0.4, -0.2) is 27.9 Å². The van der Waals surface area contributed by atoms with E-state index in [0.717, 1.165) is 0 Å². The van der Waals surface area contributed by atoms with E-state index in [1.54, 1.807) is 0 Å². The summed E-state index contributed by atoms with van der Waals surface area (Å²) in [6, 6.07) is 0. The van der Waals surface area contributed by atoms with E-state index in [1.165, 1.54) is 0 Å². The summed E-state index contributed by atoms with van der Waals surface area (Å²) in [6.07, 6.45) is -0.197. The van der Waals surface area contributed by atoms with Crippen LogP contribution in [0.25, 0.3) is 0 Å². The van der Waals surface area contributed by atoms with Crippen LogP contribution in [0.15, 0.2) is 0 Å². The Hall–Kier alpha value is -1.04. The van der Waals surface area contributed by atoms with Crippen LogP contribution >= 0.6 is 0 Å². The van der Waals surface area contributed by atoms with E-state index < -0.39 is 17.9 Å². The van der Waals surface area contributed by atoms with Crippen molar-refractivity contribution in [1.82, 2.24) is 0 Å². The van der Waals surface area contributed by atoms with E-state index in [2.05, 4.69) is 0 Å². The summed E-state index contributed by atoms with van der Waals surface area (Å²) in [4.78, 5) is 20.4. The van der Waals surface area contributed by atoms with Gasteiger partial charge in [0.1, 0.15) is 5.92 Å². The number of carboxylic acids is 2. The van der Waals surface area contributed by atoms with Crippen molar-refractivity contribution in [3.05, 3.63) is 0 Å². The van der Waals surface area contributed by atoms with Gasteiger partial charge in [-0.15, -0.1) is 0 Å². The lowest BCUT2D eigenvalue weighted by molar-refractivity contribution is -0.142. The molecule has 0 aliphatic rings. The molecule has 0 aromatic heterocycles. The number of hydrogen-bond donors (Lipinski definition) is 2. The van der Waals surface area contributed by atoms with E-state index in [9.17, 15) is 13.8 Å². The van der Waals surface area contributed by atoms with Gasteiger partial charge in [0.25, 0.3) is 0 Å². The van der Waals surface area contributed by atoms with E-state index in [-0.39, 0.29) is 37.7 Å². The van der Waals surface area contributed by atoms with E-state index in [4.69, 9.17) is 10.2 Å². The van der Waals surface area contributed by atoms with Crippen LogP contribution in [0, 0.1) is 5.92 Å². The molecule has 0 fully saturated rings. The first kappa shape index (κ1) is 14.5. The largest absolute Gasteiger partial charge is 0.481 e. The summed E-state index contributed by atoms with van der Waals surface area (Å²) in [5.74, 6) is -3.08. The molecule has 1 unspecified atom stereocenters. The van der Waals surface area contributed by atoms with Crippen LogP contribution in [0.5, 0.6) is 0 Å². The van der Waals surface area contributed by atoms with Crippen LogP contribution in [0.1, 0.15) is 20.3 Å². The number of carboxylic acid groups (broad SMARTS) is 2. The molecule has 0 saturated heterocycles. The molecular weight excluding hydrogens is 196 g/mol. The van der Waals surface area contributed by atoms with Gasteiger partial charge in [-0.3, -0.25) is 9.59 Å². The monoisotopic (exact) mass is 209 g/mol. The molecule has 5 nitrogen and oxygen atoms in total. The summed E-state index contributed by atoms with van der Waals surface area (Å²) in [7, 11) is 0. The molecule has 0 aromatic rings. The van der Waals surface area contributed by atoms with Gasteiger partial charge in [-0.05, 0) is 6.42 Å². The van der Waals surface area contributed by atoms with E-state index in [1.807, 2.05) is 0 Å². The molecule has 0 amide bonds. The molecule has 0 saturated carbocycles. The molecule has 0 rings (SSSR count). The second-order valence-electron chi connectivity index (χ2n) is 2.25. The number of hydrogen-bond acceptors (Lipinski definition) is 3. The molecule has 0 aromatic carbocycles. The van der Waals surface area contributed by atoms with Gasteiger partial charge in [0.15, 0.2) is 0 Å². The van der Waals surface area contributed by atoms with Gasteiger partial charge in [0.2, 0.25) is 5.75 Å². The summed E-state index contributed by atoms with van der Waals surface area (Å²) < 4.78 is 10.00. The Kier molecular flexibility index (Phi) is 8.47. The lowest BCUT2D eigenvalue weighted by Gasteiger charge is -2.00. The first-order chi connectivity index (χ1) is 5.57. The molecule has 0 spiro atoms. The molecule has 13 heavy (non-hydrogen) atoms. The summed E-state index contributed by atoms with van der Waals surface area (Å²) >= 11 is 0.166. The molecule has 76 valence electrons. The average Bonchev–Trinajstić information content (AvgIpc) is 1.96. The summed E-state index contributed by atoms with van der Waals surface area (Å²) in [5.41, 5.74) is 0. The van der Waals surface area contributed by atoms with Crippen LogP contribution in [-0.2, 0) is 25.5 Å². The molecule has 0 aliphatic heterocycles. The Bertz CT molecular complexity index is 191. The van der Waals surface area contributed by atoms with Gasteiger partial charge >= 0.3 is 23.6 Å². The maximum absolute atomic E-state index is 10.4. The third-order valence-electron chi connectivity index (χ3n) is 1.33. The van der Waals surface area contributed by atoms with Crippen LogP contribution < -0.4 is 0 Å². The topological polar surface area (TPSA) is 91.7 Å². The normalized spacial score (nSPS) is 11.1. The SMILES string of the molecule is C.O=[S+]CC(CCC(=O)O)C(=O)O. The number of rotatable bonds is 6. The first-order valence-electron chi connectivity index (χ1n) is 3.27. The fourth-order valence-corrected chi connectivity index (χ4v) is 1.13. The van der Waals surface area contributed by atoms with Crippen molar-refractivity contribution in [2.45, 2.75) is 20.3 Å². The maximum atomic E-state index is 10.4. The first-order valence-corrected chi connectivity index (χ1v) is 4.18. The van der Waals surface area contributed by atoms with Crippen molar-refractivity contribution in [3.63, 3.8) is 0 Å². The zero-order chi connectivity index (χ0) is 9.56. The second kappa shape index (κ2) is 7.60. The standard InChI is InChI=1S/C6H8O5S.CH4/c7-5(8)2-1-4(3-12-11)6(9)10;/h4H,1-3H2,(H-,7,8,9,10);1H4/p+1. The third-order valence-corrected chi connectivity index (χ3v) is 1.86. The summed E-state index contributed by atoms with van der Waals surface area (Å²) in [6.45, 7) is 0. The summed E-state index contributed by atoms with van der Waals surface area (Å²) in [5, 5.41) is 16.7. The van der Waals surface area contributed by atoms with Gasteiger partial charge in [-0.2, -0.15) is 0 Å². The highest BCUT2D eigenvalue weighted by Crippen LogP contribution is 2.06. The van der Waals surface area contributed by atoms with Gasteiger partial charge in [0.05, 0.1) is 0 Å². The predicted octanol–water partition coefficient (Wildman–Crippen LogP) is 0.616.